The molecule has 0 radical (unpaired) electrons. The fraction of sp³-hybridized carbons (Fsp3) is 0.952. The van der Waals surface area contributed by atoms with Crippen molar-refractivity contribution >= 4 is 5.91 Å². The largest absolute Gasteiger partial charge is 0.394 e. The molecule has 17 nitrogen and oxygen atoms in total. The van der Waals surface area contributed by atoms with Crippen molar-refractivity contribution in [3.8, 4) is 0 Å². The molecule has 38 heavy (non-hydrogen) atoms. The van der Waals surface area contributed by atoms with E-state index >= 15 is 0 Å². The maximum Gasteiger partial charge on any atom is 0.217 e. The molecule has 0 aromatic carbocycles. The summed E-state index contributed by atoms with van der Waals surface area (Å²) in [6, 6.07) is -3.84. The Bertz CT molecular complexity index is 765. The summed E-state index contributed by atoms with van der Waals surface area (Å²) in [6.45, 7) is -0.770. The van der Waals surface area contributed by atoms with Gasteiger partial charge in [-0.2, -0.15) is 0 Å². The van der Waals surface area contributed by atoms with Crippen LogP contribution in [0.4, 0.5) is 0 Å². The van der Waals surface area contributed by atoms with Gasteiger partial charge in [0.05, 0.1) is 31.9 Å². The van der Waals surface area contributed by atoms with Crippen molar-refractivity contribution in [1.29, 1.82) is 0 Å². The van der Waals surface area contributed by atoms with Crippen LogP contribution in [0.3, 0.4) is 0 Å². The summed E-state index contributed by atoms with van der Waals surface area (Å²) in [5.41, 5.74) is 12.2. The van der Waals surface area contributed by atoms with E-state index in [1.165, 1.54) is 7.11 Å². The van der Waals surface area contributed by atoms with Crippen molar-refractivity contribution in [2.45, 2.75) is 98.9 Å². The van der Waals surface area contributed by atoms with Crippen LogP contribution < -0.4 is 16.8 Å². The summed E-state index contributed by atoms with van der Waals surface area (Å²) in [4.78, 5) is 11.5. The lowest BCUT2D eigenvalue weighted by atomic mass is 9.94. The van der Waals surface area contributed by atoms with Gasteiger partial charge in [-0.05, 0) is 0 Å². The number of methoxy groups -OCH3 is 1. The molecule has 12 N–H and O–H groups in total. The SMILES string of the molecule is CO[C@@H]1C(CO)O[C@@H](O[C@@H]2C(CO)O[C@@H](O[C@@H]3C(CO)O[C@@H](O)C(NC(C)=O)C3O)C(N)[C@H]2O)C(N)C1O. The third-order valence-electron chi connectivity index (χ3n) is 6.90. The van der Waals surface area contributed by atoms with Crippen molar-refractivity contribution in [2.24, 2.45) is 11.5 Å². The molecule has 17 heteroatoms. The smallest absolute Gasteiger partial charge is 0.217 e. The van der Waals surface area contributed by atoms with E-state index in [4.69, 9.17) is 39.9 Å². The van der Waals surface area contributed by atoms with Crippen LogP contribution in [0.1, 0.15) is 6.92 Å². The molecule has 0 bridgehead atoms. The zero-order valence-corrected chi connectivity index (χ0v) is 20.9. The second-order valence-electron chi connectivity index (χ2n) is 9.45. The Morgan fingerprint density at radius 1 is 0.763 bits per heavy atom. The molecule has 3 saturated heterocycles. The molecule has 3 rings (SSSR count). The van der Waals surface area contributed by atoms with E-state index in [2.05, 4.69) is 5.32 Å². The molecule has 0 spiro atoms. The third-order valence-corrected chi connectivity index (χ3v) is 6.90. The molecule has 15 atom stereocenters. The highest BCUT2D eigenvalue weighted by molar-refractivity contribution is 5.73. The molecule has 222 valence electrons. The number of nitrogens with two attached hydrogens (primary N) is 2. The standard InChI is InChI=1S/C21H39N3O14/c1-6(28)24-12-15(31)18(8(4-26)34-19(12)32)38-21-11(23)14(30)17(9(5-27)36-21)37-20-10(22)13(29)16(33-2)7(3-25)35-20/h7-21,25-27,29-32H,3-5,22-23H2,1-2H3,(H,24,28)/t7?,8?,9?,10?,11?,12?,13?,14-,15?,16-,17-,18-,19-,20+,21+/m1/s1. The summed E-state index contributed by atoms with van der Waals surface area (Å²) in [5.74, 6) is -0.576. The number of amides is 1. The highest BCUT2D eigenvalue weighted by Gasteiger charge is 2.53. The first kappa shape index (κ1) is 31.4. The van der Waals surface area contributed by atoms with Gasteiger partial charge in [0.25, 0.3) is 0 Å². The van der Waals surface area contributed by atoms with E-state index in [1.54, 1.807) is 0 Å². The Balaban J connectivity index is 1.74. The molecule has 0 aliphatic carbocycles. The quantitative estimate of drug-likeness (QED) is 0.126. The number of rotatable bonds is 9. The predicted molar refractivity (Wildman–Crippen MR) is 122 cm³/mol. The van der Waals surface area contributed by atoms with Crippen LogP contribution in [0.2, 0.25) is 0 Å². The van der Waals surface area contributed by atoms with E-state index in [1.807, 2.05) is 0 Å². The van der Waals surface area contributed by atoms with E-state index in [0.29, 0.717) is 0 Å². The lowest BCUT2D eigenvalue weighted by Gasteiger charge is -2.49. The molecule has 0 saturated carbocycles. The Labute approximate surface area is 218 Å². The van der Waals surface area contributed by atoms with Crippen molar-refractivity contribution in [2.75, 3.05) is 26.9 Å². The van der Waals surface area contributed by atoms with Gasteiger partial charge in [0, 0.05) is 14.0 Å². The first-order chi connectivity index (χ1) is 18.0. The van der Waals surface area contributed by atoms with Gasteiger partial charge < -0.3 is 81.0 Å². The number of carbonyl (C=O) groups excluding carboxylic acids is 1. The highest BCUT2D eigenvalue weighted by Crippen LogP contribution is 2.31. The lowest BCUT2D eigenvalue weighted by Crippen LogP contribution is -2.69. The molecule has 0 aromatic heterocycles. The topological polar surface area (TPSA) is 278 Å². The van der Waals surface area contributed by atoms with E-state index < -0.39 is 118 Å². The lowest BCUT2D eigenvalue weighted by molar-refractivity contribution is -0.349. The van der Waals surface area contributed by atoms with Gasteiger partial charge in [0.1, 0.15) is 61.0 Å². The first-order valence-corrected chi connectivity index (χ1v) is 12.1. The average molecular weight is 558 g/mol. The minimum absolute atomic E-state index is 0.531. The van der Waals surface area contributed by atoms with Gasteiger partial charge in [0.15, 0.2) is 18.9 Å². The minimum Gasteiger partial charge on any atom is -0.394 e. The third kappa shape index (κ3) is 6.43. The summed E-state index contributed by atoms with van der Waals surface area (Å²) in [5, 5.41) is 73.9. The van der Waals surface area contributed by atoms with Crippen LogP contribution in [0, 0.1) is 0 Å². The van der Waals surface area contributed by atoms with Crippen LogP contribution in [0.15, 0.2) is 0 Å². The zero-order chi connectivity index (χ0) is 28.3. The Morgan fingerprint density at radius 2 is 1.18 bits per heavy atom. The van der Waals surface area contributed by atoms with Crippen LogP contribution in [0.5, 0.6) is 0 Å². The van der Waals surface area contributed by atoms with Crippen molar-refractivity contribution < 1.29 is 69.0 Å². The number of ether oxygens (including phenoxy) is 6. The van der Waals surface area contributed by atoms with Crippen LogP contribution in [0.25, 0.3) is 0 Å². The Kier molecular flexibility index (Phi) is 11.1. The number of hydrogen-bond acceptors (Lipinski definition) is 16. The number of aliphatic hydroxyl groups is 7. The molecular weight excluding hydrogens is 518 g/mol. The summed E-state index contributed by atoms with van der Waals surface area (Å²) >= 11 is 0. The highest BCUT2D eigenvalue weighted by atomic mass is 16.7. The minimum atomic E-state index is -1.66. The summed E-state index contributed by atoms with van der Waals surface area (Å²) in [7, 11) is 1.31. The van der Waals surface area contributed by atoms with Crippen LogP contribution in [-0.2, 0) is 33.2 Å². The second-order valence-corrected chi connectivity index (χ2v) is 9.45. The van der Waals surface area contributed by atoms with Gasteiger partial charge >= 0.3 is 0 Å². The van der Waals surface area contributed by atoms with Crippen molar-refractivity contribution in [3.05, 3.63) is 0 Å². The molecule has 8 unspecified atom stereocenters. The zero-order valence-electron chi connectivity index (χ0n) is 20.9. The fourth-order valence-electron chi connectivity index (χ4n) is 4.83. The normalized spacial score (nSPS) is 48.0. The molecular formula is C21H39N3O14. The van der Waals surface area contributed by atoms with E-state index in [9.17, 15) is 40.5 Å². The molecule has 3 aliphatic heterocycles. The molecule has 3 fully saturated rings. The molecule has 3 heterocycles. The van der Waals surface area contributed by atoms with Gasteiger partial charge in [0.2, 0.25) is 5.91 Å². The molecule has 0 aromatic rings. The van der Waals surface area contributed by atoms with Gasteiger partial charge in [-0.3, -0.25) is 4.79 Å². The number of hydrogen-bond donors (Lipinski definition) is 10. The maximum absolute atomic E-state index is 11.5. The fourth-order valence-corrected chi connectivity index (χ4v) is 4.83. The van der Waals surface area contributed by atoms with Gasteiger partial charge in [-0.25, -0.2) is 0 Å². The Hall–Kier alpha value is -1.13. The van der Waals surface area contributed by atoms with Crippen molar-refractivity contribution in [3.63, 3.8) is 0 Å². The van der Waals surface area contributed by atoms with E-state index in [0.717, 1.165) is 6.92 Å². The van der Waals surface area contributed by atoms with Gasteiger partial charge in [-0.15, -0.1) is 0 Å². The summed E-state index contributed by atoms with van der Waals surface area (Å²) in [6.07, 6.45) is -16.2. The number of aliphatic hydroxyl groups excluding tert-OH is 7. The number of carbonyl (C=O) groups is 1. The van der Waals surface area contributed by atoms with Crippen molar-refractivity contribution in [1.82, 2.24) is 5.32 Å². The predicted octanol–water partition coefficient (Wildman–Crippen LogP) is -6.84. The molecule has 1 amide bonds. The maximum atomic E-state index is 11.5. The summed E-state index contributed by atoms with van der Waals surface area (Å²) < 4.78 is 33.2. The van der Waals surface area contributed by atoms with Gasteiger partial charge in [-0.1, -0.05) is 0 Å². The molecule has 3 aliphatic rings. The van der Waals surface area contributed by atoms with E-state index in [-0.39, 0.29) is 0 Å². The Morgan fingerprint density at radius 3 is 1.63 bits per heavy atom. The second kappa shape index (κ2) is 13.5. The first-order valence-electron chi connectivity index (χ1n) is 12.1. The van der Waals surface area contributed by atoms with Crippen LogP contribution >= 0.6 is 0 Å². The van der Waals surface area contributed by atoms with Crippen LogP contribution in [-0.4, -0.2) is 161 Å². The average Bonchev–Trinajstić information content (AvgIpc) is 2.89. The monoisotopic (exact) mass is 557 g/mol. The number of nitrogens with one attached hydrogen (secondary N) is 1.